The van der Waals surface area contributed by atoms with Crippen LogP contribution in [0.1, 0.15) is 19.4 Å². The minimum atomic E-state index is -1.21. The lowest BCUT2D eigenvalue weighted by molar-refractivity contribution is -0.144. The average Bonchev–Trinajstić information content (AvgIpc) is 2.99. The largest absolute Gasteiger partial charge is 0.480 e. The van der Waals surface area contributed by atoms with Crippen LogP contribution in [-0.4, -0.2) is 44.1 Å². The second kappa shape index (κ2) is 6.60. The van der Waals surface area contributed by atoms with Crippen molar-refractivity contribution in [3.8, 4) is 0 Å². The molecule has 2 aliphatic heterocycles. The number of amides is 3. The molecule has 10 heteroatoms. The topological polar surface area (TPSA) is 95.0 Å². The van der Waals surface area contributed by atoms with Gasteiger partial charge in [-0.3, -0.25) is 19.3 Å². The molecule has 0 bridgehead atoms. The number of nitrogens with zero attached hydrogens (tertiary/aromatic N) is 2. The van der Waals surface area contributed by atoms with Crippen molar-refractivity contribution < 1.29 is 24.3 Å². The van der Waals surface area contributed by atoms with Gasteiger partial charge in [-0.25, -0.2) is 9.69 Å². The summed E-state index contributed by atoms with van der Waals surface area (Å²) in [6.07, 6.45) is 0. The first kappa shape index (κ1) is 18.7. The van der Waals surface area contributed by atoms with E-state index in [1.54, 1.807) is 18.2 Å². The molecule has 1 N–H and O–H groups in total. The van der Waals surface area contributed by atoms with Crippen LogP contribution in [0, 0.1) is 0 Å². The van der Waals surface area contributed by atoms with Crippen molar-refractivity contribution >= 4 is 79.2 Å². The van der Waals surface area contributed by atoms with Gasteiger partial charge in [-0.1, -0.05) is 39.9 Å². The lowest BCUT2D eigenvalue weighted by Crippen LogP contribution is -2.41. The maximum Gasteiger partial charge on any atom is 0.326 e. The standard InChI is InChI=1S/C16H11BrN2O5S2/c1-6(15(23)24)18-14(22)12(26-16(18)25)11-9-5-8(17)3-4-10(9)19(7(2)20)13(11)21/h3-6H,1-2H3,(H,23,24)/b12-11-/t6-/m0/s1. The smallest absolute Gasteiger partial charge is 0.326 e. The number of thiocarbonyl (C=S) groups is 1. The molecule has 1 aromatic rings. The van der Waals surface area contributed by atoms with E-state index in [4.69, 9.17) is 12.2 Å². The van der Waals surface area contributed by atoms with E-state index in [2.05, 4.69) is 15.9 Å². The highest BCUT2D eigenvalue weighted by molar-refractivity contribution is 9.10. The van der Waals surface area contributed by atoms with Crippen LogP contribution in [-0.2, 0) is 19.2 Å². The SMILES string of the molecule is CC(=O)N1C(=O)/C(=C2\SC(=S)N([C@@H](C)C(=O)O)C2=O)c2cc(Br)ccc21. The van der Waals surface area contributed by atoms with Crippen LogP contribution in [0.2, 0.25) is 0 Å². The molecule has 0 aliphatic carbocycles. The van der Waals surface area contributed by atoms with Gasteiger partial charge in [0.1, 0.15) is 10.4 Å². The zero-order chi connectivity index (χ0) is 19.3. The Morgan fingerprint density at radius 1 is 1.27 bits per heavy atom. The first-order valence-corrected chi connectivity index (χ1v) is 9.34. The molecule has 3 amide bonds. The van der Waals surface area contributed by atoms with Crippen LogP contribution in [0.25, 0.3) is 5.57 Å². The summed E-state index contributed by atoms with van der Waals surface area (Å²) in [6, 6.07) is 3.76. The molecule has 1 saturated heterocycles. The predicted molar refractivity (Wildman–Crippen MR) is 103 cm³/mol. The van der Waals surface area contributed by atoms with Gasteiger partial charge in [-0.15, -0.1) is 0 Å². The molecule has 1 atom stereocenters. The number of fused-ring (bicyclic) bond motifs is 1. The molecule has 2 aliphatic rings. The minimum Gasteiger partial charge on any atom is -0.480 e. The Balaban J connectivity index is 2.20. The van der Waals surface area contributed by atoms with E-state index in [9.17, 15) is 24.3 Å². The maximum atomic E-state index is 12.9. The van der Waals surface area contributed by atoms with E-state index >= 15 is 0 Å². The Bertz CT molecular complexity index is 943. The van der Waals surface area contributed by atoms with E-state index in [-0.39, 0.29) is 14.8 Å². The van der Waals surface area contributed by atoms with Crippen LogP contribution >= 0.6 is 39.9 Å². The lowest BCUT2D eigenvalue weighted by atomic mass is 10.1. The number of imide groups is 1. The van der Waals surface area contributed by atoms with Crippen LogP contribution in [0.15, 0.2) is 27.6 Å². The number of carbonyl (C=O) groups excluding carboxylic acids is 3. The Morgan fingerprint density at radius 2 is 1.92 bits per heavy atom. The zero-order valence-electron chi connectivity index (χ0n) is 13.5. The third-order valence-electron chi connectivity index (χ3n) is 3.97. The van der Waals surface area contributed by atoms with Gasteiger partial charge in [0.05, 0.1) is 16.2 Å². The molecule has 7 nitrogen and oxygen atoms in total. The quantitative estimate of drug-likeness (QED) is 0.541. The fraction of sp³-hybridized carbons (Fsp3) is 0.188. The van der Waals surface area contributed by atoms with Gasteiger partial charge in [-0.05, 0) is 25.1 Å². The number of hydrogen-bond donors (Lipinski definition) is 1. The fourth-order valence-corrected chi connectivity index (χ4v) is 4.60. The Hall–Kier alpha value is -2.04. The number of carboxylic acids is 1. The van der Waals surface area contributed by atoms with Gasteiger partial charge in [0.2, 0.25) is 5.91 Å². The molecule has 2 heterocycles. The Labute approximate surface area is 166 Å². The summed E-state index contributed by atoms with van der Waals surface area (Å²) < 4.78 is 0.722. The highest BCUT2D eigenvalue weighted by Crippen LogP contribution is 2.45. The molecule has 134 valence electrons. The van der Waals surface area contributed by atoms with Crippen molar-refractivity contribution in [2.45, 2.75) is 19.9 Å². The summed E-state index contributed by atoms with van der Waals surface area (Å²) in [5, 5.41) is 9.19. The van der Waals surface area contributed by atoms with E-state index in [0.29, 0.717) is 15.7 Å². The lowest BCUT2D eigenvalue weighted by Gasteiger charge is -2.18. The molecule has 0 spiro atoms. The number of anilines is 1. The van der Waals surface area contributed by atoms with Gasteiger partial charge in [0.25, 0.3) is 11.8 Å². The summed E-state index contributed by atoms with van der Waals surface area (Å²) in [4.78, 5) is 50.8. The van der Waals surface area contributed by atoms with Crippen molar-refractivity contribution in [3.05, 3.63) is 33.1 Å². The molecule has 1 fully saturated rings. The van der Waals surface area contributed by atoms with E-state index < -0.39 is 29.7 Å². The monoisotopic (exact) mass is 454 g/mol. The minimum absolute atomic E-state index is 0.0243. The second-order valence-corrected chi connectivity index (χ2v) is 8.14. The number of benzene rings is 1. The average molecular weight is 455 g/mol. The highest BCUT2D eigenvalue weighted by Gasteiger charge is 2.45. The maximum absolute atomic E-state index is 12.9. The van der Waals surface area contributed by atoms with Crippen LogP contribution in [0.4, 0.5) is 5.69 Å². The van der Waals surface area contributed by atoms with E-state index in [0.717, 1.165) is 21.6 Å². The predicted octanol–water partition coefficient (Wildman–Crippen LogP) is 2.39. The third kappa shape index (κ3) is 2.78. The molecule has 0 aromatic heterocycles. The van der Waals surface area contributed by atoms with E-state index in [1.165, 1.54) is 13.8 Å². The third-order valence-corrected chi connectivity index (χ3v) is 5.87. The summed E-state index contributed by atoms with van der Waals surface area (Å²) in [7, 11) is 0. The van der Waals surface area contributed by atoms with Gasteiger partial charge in [0, 0.05) is 17.0 Å². The van der Waals surface area contributed by atoms with E-state index in [1.807, 2.05) is 0 Å². The van der Waals surface area contributed by atoms with Crippen LogP contribution in [0.3, 0.4) is 0 Å². The molecule has 3 rings (SSSR count). The van der Waals surface area contributed by atoms with Crippen molar-refractivity contribution in [3.63, 3.8) is 0 Å². The summed E-state index contributed by atoms with van der Waals surface area (Å²) in [6.45, 7) is 2.59. The number of hydrogen-bond acceptors (Lipinski definition) is 6. The van der Waals surface area contributed by atoms with Crippen molar-refractivity contribution in [1.29, 1.82) is 0 Å². The number of halogens is 1. The highest BCUT2D eigenvalue weighted by atomic mass is 79.9. The second-order valence-electron chi connectivity index (χ2n) is 5.58. The molecule has 26 heavy (non-hydrogen) atoms. The molecule has 0 radical (unpaired) electrons. The number of carbonyl (C=O) groups is 4. The molecular formula is C16H11BrN2O5S2. The Morgan fingerprint density at radius 3 is 2.50 bits per heavy atom. The summed E-state index contributed by atoms with van der Waals surface area (Å²) in [5.74, 6) is -2.98. The van der Waals surface area contributed by atoms with Gasteiger partial charge < -0.3 is 5.11 Å². The van der Waals surface area contributed by atoms with Gasteiger partial charge in [-0.2, -0.15) is 0 Å². The first-order valence-electron chi connectivity index (χ1n) is 7.32. The van der Waals surface area contributed by atoms with Crippen molar-refractivity contribution in [1.82, 2.24) is 4.90 Å². The van der Waals surface area contributed by atoms with Crippen molar-refractivity contribution in [2.24, 2.45) is 0 Å². The molecular weight excluding hydrogens is 444 g/mol. The zero-order valence-corrected chi connectivity index (χ0v) is 16.7. The van der Waals surface area contributed by atoms with Crippen LogP contribution < -0.4 is 4.90 Å². The van der Waals surface area contributed by atoms with Gasteiger partial charge >= 0.3 is 5.97 Å². The van der Waals surface area contributed by atoms with Crippen molar-refractivity contribution in [2.75, 3.05) is 4.90 Å². The Kier molecular flexibility index (Phi) is 4.76. The van der Waals surface area contributed by atoms with Gasteiger partial charge in [0.15, 0.2) is 0 Å². The molecule has 1 aromatic carbocycles. The number of carboxylic acid groups (broad SMARTS) is 1. The normalized spacial score (nSPS) is 20.7. The summed E-state index contributed by atoms with van der Waals surface area (Å²) >= 11 is 9.32. The molecule has 0 unspecified atom stereocenters. The number of aliphatic carboxylic acids is 1. The first-order chi connectivity index (χ1) is 12.1. The number of rotatable bonds is 2. The fourth-order valence-electron chi connectivity index (χ4n) is 2.75. The summed E-state index contributed by atoms with van der Waals surface area (Å²) in [5.41, 5.74) is 0.842. The molecule has 0 saturated carbocycles. The number of thioether (sulfide) groups is 1. The van der Waals surface area contributed by atoms with Crippen LogP contribution in [0.5, 0.6) is 0 Å².